The summed E-state index contributed by atoms with van der Waals surface area (Å²) in [5, 5.41) is 2.85. The van der Waals surface area contributed by atoms with Crippen LogP contribution in [0, 0.1) is 5.92 Å². The lowest BCUT2D eigenvalue weighted by Gasteiger charge is -2.37. The van der Waals surface area contributed by atoms with Crippen molar-refractivity contribution in [2.24, 2.45) is 5.92 Å². The number of carbonyl (C=O) groups is 2. The van der Waals surface area contributed by atoms with Gasteiger partial charge in [0.1, 0.15) is 12.1 Å². The van der Waals surface area contributed by atoms with Gasteiger partial charge in [-0.25, -0.2) is 0 Å². The van der Waals surface area contributed by atoms with Gasteiger partial charge in [-0.15, -0.1) is 0 Å². The van der Waals surface area contributed by atoms with E-state index in [0.29, 0.717) is 0 Å². The summed E-state index contributed by atoms with van der Waals surface area (Å²) in [6.45, 7) is 4.62. The van der Waals surface area contributed by atoms with Gasteiger partial charge < -0.3 is 10.2 Å². The molecule has 4 heteroatoms. The number of nitrogens with zero attached hydrogens (tertiary/aromatic N) is 1. The van der Waals surface area contributed by atoms with Crippen LogP contribution in [0.4, 0.5) is 0 Å². The van der Waals surface area contributed by atoms with Crippen molar-refractivity contribution in [3.05, 3.63) is 0 Å². The minimum Gasteiger partial charge on any atom is -0.343 e. The van der Waals surface area contributed by atoms with Gasteiger partial charge in [-0.05, 0) is 32.1 Å². The summed E-state index contributed by atoms with van der Waals surface area (Å²) in [5.41, 5.74) is 0. The van der Waals surface area contributed by atoms with Gasteiger partial charge in [-0.1, -0.05) is 39.0 Å². The van der Waals surface area contributed by atoms with Gasteiger partial charge in [0.15, 0.2) is 0 Å². The van der Waals surface area contributed by atoms with E-state index in [4.69, 9.17) is 0 Å². The summed E-state index contributed by atoms with van der Waals surface area (Å²) in [5.74, 6) is 0.972. The lowest BCUT2D eigenvalue weighted by Crippen LogP contribution is -2.62. The molecule has 4 nitrogen and oxygen atoms in total. The first-order chi connectivity index (χ1) is 9.63. The maximum atomic E-state index is 12.4. The Kier molecular flexibility index (Phi) is 5.44. The molecule has 2 aliphatic rings. The van der Waals surface area contributed by atoms with Gasteiger partial charge in [0.2, 0.25) is 11.8 Å². The average Bonchev–Trinajstić information content (AvgIpc) is 2.93. The number of rotatable bonds is 6. The van der Waals surface area contributed by atoms with Crippen molar-refractivity contribution in [2.45, 2.75) is 77.3 Å². The Balaban J connectivity index is 1.85. The maximum absolute atomic E-state index is 12.4. The van der Waals surface area contributed by atoms with Crippen LogP contribution >= 0.6 is 0 Å². The molecule has 2 amide bonds. The summed E-state index contributed by atoms with van der Waals surface area (Å²) in [4.78, 5) is 26.2. The van der Waals surface area contributed by atoms with E-state index in [0.717, 1.165) is 31.7 Å². The molecule has 1 aliphatic heterocycles. The molecule has 1 aliphatic carbocycles. The Bertz CT molecular complexity index is 350. The van der Waals surface area contributed by atoms with Gasteiger partial charge in [-0.2, -0.15) is 0 Å². The van der Waals surface area contributed by atoms with Gasteiger partial charge >= 0.3 is 0 Å². The smallest absolute Gasteiger partial charge is 0.245 e. The van der Waals surface area contributed by atoms with Crippen LogP contribution in [0.25, 0.3) is 0 Å². The van der Waals surface area contributed by atoms with Crippen molar-refractivity contribution in [1.82, 2.24) is 10.2 Å². The Morgan fingerprint density at radius 3 is 2.55 bits per heavy atom. The fourth-order valence-electron chi connectivity index (χ4n) is 3.52. The molecular formula is C16H28N2O2. The zero-order valence-corrected chi connectivity index (χ0v) is 12.9. The second kappa shape index (κ2) is 7.09. The van der Waals surface area contributed by atoms with Crippen LogP contribution < -0.4 is 5.32 Å². The molecule has 2 atom stereocenters. The quantitative estimate of drug-likeness (QED) is 0.812. The highest BCUT2D eigenvalue weighted by Crippen LogP contribution is 2.28. The van der Waals surface area contributed by atoms with Gasteiger partial charge in [0.05, 0.1) is 0 Å². The molecule has 1 saturated carbocycles. The second-order valence-corrected chi connectivity index (χ2v) is 6.35. The third-order valence-corrected chi connectivity index (χ3v) is 4.81. The second-order valence-electron chi connectivity index (χ2n) is 6.35. The Morgan fingerprint density at radius 2 is 1.90 bits per heavy atom. The summed E-state index contributed by atoms with van der Waals surface area (Å²) in [6.07, 6.45) is 9.33. The molecule has 0 aromatic heterocycles. The molecule has 2 unspecified atom stereocenters. The lowest BCUT2D eigenvalue weighted by atomic mass is 10.00. The summed E-state index contributed by atoms with van der Waals surface area (Å²) in [7, 11) is 0. The molecule has 2 fully saturated rings. The molecule has 1 heterocycles. The number of nitrogens with one attached hydrogen (secondary N) is 1. The topological polar surface area (TPSA) is 49.4 Å². The van der Waals surface area contributed by atoms with Crippen molar-refractivity contribution in [3.8, 4) is 0 Å². The van der Waals surface area contributed by atoms with E-state index in [1.165, 1.54) is 32.1 Å². The van der Waals surface area contributed by atoms with Crippen molar-refractivity contribution in [2.75, 3.05) is 6.54 Å². The summed E-state index contributed by atoms with van der Waals surface area (Å²) < 4.78 is 0. The van der Waals surface area contributed by atoms with Gasteiger partial charge in [0, 0.05) is 6.54 Å². The Hall–Kier alpha value is -1.06. The minimum absolute atomic E-state index is 0.00363. The van der Waals surface area contributed by atoms with Gasteiger partial charge in [0.25, 0.3) is 0 Å². The first-order valence-electron chi connectivity index (χ1n) is 8.24. The largest absolute Gasteiger partial charge is 0.343 e. The van der Waals surface area contributed by atoms with Gasteiger partial charge in [-0.3, -0.25) is 9.59 Å². The first-order valence-corrected chi connectivity index (χ1v) is 8.24. The van der Waals surface area contributed by atoms with E-state index in [1.54, 1.807) is 4.90 Å². The highest BCUT2D eigenvalue weighted by molar-refractivity contribution is 5.96. The number of carbonyl (C=O) groups excluding carboxylic acids is 2. The normalized spacial score (nSPS) is 28.0. The molecule has 0 aromatic rings. The van der Waals surface area contributed by atoms with Crippen LogP contribution in [0.3, 0.4) is 0 Å². The molecule has 0 radical (unpaired) electrons. The molecule has 1 saturated heterocycles. The van der Waals surface area contributed by atoms with E-state index in [2.05, 4.69) is 5.32 Å². The Morgan fingerprint density at radius 1 is 1.20 bits per heavy atom. The SMILES string of the molecule is CCCC1NC(=O)C(C)N(CCCC2CCCC2)C1=O. The standard InChI is InChI=1S/C16H28N2O2/c1-3-7-14-16(20)18(12(2)15(19)17-14)11-6-10-13-8-4-5-9-13/h12-14H,3-11H2,1-2H3,(H,17,19). The maximum Gasteiger partial charge on any atom is 0.245 e. The van der Waals surface area contributed by atoms with Crippen molar-refractivity contribution in [1.29, 1.82) is 0 Å². The van der Waals surface area contributed by atoms with E-state index >= 15 is 0 Å². The molecule has 20 heavy (non-hydrogen) atoms. The molecule has 114 valence electrons. The van der Waals surface area contributed by atoms with Crippen LogP contribution in [0.15, 0.2) is 0 Å². The number of hydrogen-bond acceptors (Lipinski definition) is 2. The Labute approximate surface area is 122 Å². The predicted molar refractivity (Wildman–Crippen MR) is 79.2 cm³/mol. The summed E-state index contributed by atoms with van der Waals surface area (Å²) >= 11 is 0. The van der Waals surface area contributed by atoms with E-state index < -0.39 is 0 Å². The number of hydrogen-bond donors (Lipinski definition) is 1. The summed E-state index contributed by atoms with van der Waals surface area (Å²) in [6, 6.07) is -0.602. The molecule has 0 aromatic carbocycles. The minimum atomic E-state index is -0.306. The molecule has 1 N–H and O–H groups in total. The van der Waals surface area contributed by atoms with Crippen LogP contribution in [0.2, 0.25) is 0 Å². The molecule has 0 bridgehead atoms. The van der Waals surface area contributed by atoms with E-state index in [9.17, 15) is 9.59 Å². The van der Waals surface area contributed by atoms with E-state index in [1.807, 2.05) is 13.8 Å². The third kappa shape index (κ3) is 3.53. The molecule has 2 rings (SSSR count). The predicted octanol–water partition coefficient (Wildman–Crippen LogP) is 2.47. The average molecular weight is 280 g/mol. The van der Waals surface area contributed by atoms with Crippen LogP contribution in [-0.2, 0) is 9.59 Å². The first kappa shape index (κ1) is 15.3. The van der Waals surface area contributed by atoms with Crippen molar-refractivity contribution < 1.29 is 9.59 Å². The highest BCUT2D eigenvalue weighted by Gasteiger charge is 2.37. The lowest BCUT2D eigenvalue weighted by molar-refractivity contribution is -0.148. The fourth-order valence-corrected chi connectivity index (χ4v) is 3.52. The number of amides is 2. The zero-order valence-electron chi connectivity index (χ0n) is 12.9. The monoisotopic (exact) mass is 280 g/mol. The highest BCUT2D eigenvalue weighted by atomic mass is 16.2. The van der Waals surface area contributed by atoms with E-state index in [-0.39, 0.29) is 23.9 Å². The zero-order chi connectivity index (χ0) is 14.5. The van der Waals surface area contributed by atoms with Crippen LogP contribution in [0.5, 0.6) is 0 Å². The van der Waals surface area contributed by atoms with Crippen molar-refractivity contribution >= 4 is 11.8 Å². The molecular weight excluding hydrogens is 252 g/mol. The molecule has 0 spiro atoms. The van der Waals surface area contributed by atoms with Crippen LogP contribution in [-0.4, -0.2) is 35.3 Å². The third-order valence-electron chi connectivity index (χ3n) is 4.81. The number of piperazine rings is 1. The van der Waals surface area contributed by atoms with Crippen molar-refractivity contribution in [3.63, 3.8) is 0 Å². The fraction of sp³-hybridized carbons (Fsp3) is 0.875. The van der Waals surface area contributed by atoms with Crippen LogP contribution in [0.1, 0.15) is 65.2 Å².